The number of ether oxygens (including phenoxy) is 2. The van der Waals surface area contributed by atoms with Gasteiger partial charge in [-0.25, -0.2) is 4.98 Å². The van der Waals surface area contributed by atoms with Crippen molar-refractivity contribution in [2.75, 3.05) is 25.0 Å². The molecule has 3 aromatic rings. The maximum Gasteiger partial charge on any atom is 0.238 e. The molecule has 8 heteroatoms. The maximum absolute atomic E-state index is 12.3. The Balaban J connectivity index is 0.00000289. The van der Waals surface area contributed by atoms with Crippen molar-refractivity contribution in [1.29, 1.82) is 0 Å². The molecule has 3 heterocycles. The van der Waals surface area contributed by atoms with Gasteiger partial charge in [0.1, 0.15) is 17.6 Å². The predicted octanol–water partition coefficient (Wildman–Crippen LogP) is 4.76. The Hall–Kier alpha value is -3.13. The number of halogens is 1. The summed E-state index contributed by atoms with van der Waals surface area (Å²) in [5, 5.41) is 12.6. The topological polar surface area (TPSA) is 83.9 Å². The van der Waals surface area contributed by atoms with Gasteiger partial charge in [0.25, 0.3) is 0 Å². The Morgan fingerprint density at radius 2 is 2.00 bits per heavy atom. The summed E-state index contributed by atoms with van der Waals surface area (Å²) in [4.78, 5) is 18.6. The van der Waals surface area contributed by atoms with Crippen molar-refractivity contribution >= 4 is 24.0 Å². The van der Waals surface area contributed by atoms with Crippen molar-refractivity contribution < 1.29 is 19.4 Å². The first-order valence-electron chi connectivity index (χ1n) is 11.8. The van der Waals surface area contributed by atoms with Gasteiger partial charge in [-0.1, -0.05) is 30.3 Å². The quantitative estimate of drug-likeness (QED) is 0.513. The molecule has 2 N–H and O–H groups in total. The molecular formula is C27H30ClN3O4. The van der Waals surface area contributed by atoms with Crippen LogP contribution in [-0.4, -0.2) is 46.6 Å². The predicted molar refractivity (Wildman–Crippen MR) is 136 cm³/mol. The number of carbonyl (C=O) groups is 1. The van der Waals surface area contributed by atoms with Crippen LogP contribution in [0.25, 0.3) is 0 Å². The van der Waals surface area contributed by atoms with E-state index in [4.69, 9.17) is 9.47 Å². The van der Waals surface area contributed by atoms with Crippen molar-refractivity contribution in [3.05, 3.63) is 78.0 Å². The number of amides is 1. The number of aryl methyl sites for hydroxylation is 1. The van der Waals surface area contributed by atoms with Crippen molar-refractivity contribution in [3.63, 3.8) is 0 Å². The molecule has 2 aliphatic rings. The van der Waals surface area contributed by atoms with Gasteiger partial charge in [-0.15, -0.1) is 12.4 Å². The van der Waals surface area contributed by atoms with E-state index in [1.165, 1.54) is 5.56 Å². The minimum atomic E-state index is -0.347. The standard InChI is InChI=1S/C27H29N3O4.ClH/c31-22-7-4-14-30(17-22)18-26(32)29-21-9-13-27(28-16-21)33-23-10-12-25-20(15-23)8-11-24(34-25)19-5-2-1-3-6-19;/h1-3,5-6,9-10,12-13,15-16,22,24,31H,4,7-8,11,14,17-18H2,(H,29,32);1H. The van der Waals surface area contributed by atoms with E-state index < -0.39 is 0 Å². The molecule has 35 heavy (non-hydrogen) atoms. The van der Waals surface area contributed by atoms with Crippen LogP contribution in [0.3, 0.4) is 0 Å². The fraction of sp³-hybridized carbons (Fsp3) is 0.333. The van der Waals surface area contributed by atoms with E-state index in [-0.39, 0.29) is 37.1 Å². The van der Waals surface area contributed by atoms with Crippen molar-refractivity contribution in [2.45, 2.75) is 37.9 Å². The number of aromatic nitrogens is 1. The van der Waals surface area contributed by atoms with E-state index in [9.17, 15) is 9.90 Å². The third-order valence-electron chi connectivity index (χ3n) is 6.24. The van der Waals surface area contributed by atoms with Crippen LogP contribution in [0, 0.1) is 0 Å². The number of likely N-dealkylation sites (tertiary alicyclic amines) is 1. The zero-order valence-electron chi connectivity index (χ0n) is 19.4. The Labute approximate surface area is 211 Å². The van der Waals surface area contributed by atoms with Crippen LogP contribution in [0.4, 0.5) is 5.69 Å². The molecule has 1 amide bonds. The van der Waals surface area contributed by atoms with Crippen LogP contribution in [0.1, 0.15) is 36.5 Å². The van der Waals surface area contributed by atoms with Crippen LogP contribution in [0.15, 0.2) is 66.9 Å². The molecule has 2 atom stereocenters. The Kier molecular flexibility index (Phi) is 8.23. The number of hydrogen-bond donors (Lipinski definition) is 2. The van der Waals surface area contributed by atoms with Crippen molar-refractivity contribution in [2.24, 2.45) is 0 Å². The van der Waals surface area contributed by atoms with Gasteiger partial charge in [-0.05, 0) is 67.6 Å². The highest BCUT2D eigenvalue weighted by molar-refractivity contribution is 5.92. The molecule has 5 rings (SSSR count). The van der Waals surface area contributed by atoms with E-state index in [1.807, 2.05) is 41.3 Å². The smallest absolute Gasteiger partial charge is 0.238 e. The largest absolute Gasteiger partial charge is 0.485 e. The lowest BCUT2D eigenvalue weighted by molar-refractivity contribution is -0.118. The van der Waals surface area contributed by atoms with Crippen LogP contribution in [0.5, 0.6) is 17.4 Å². The highest BCUT2D eigenvalue weighted by atomic mass is 35.5. The molecule has 0 saturated carbocycles. The third-order valence-corrected chi connectivity index (χ3v) is 6.24. The fourth-order valence-corrected chi connectivity index (χ4v) is 4.54. The van der Waals surface area contributed by atoms with E-state index >= 15 is 0 Å². The van der Waals surface area contributed by atoms with Crippen LogP contribution >= 0.6 is 12.4 Å². The number of pyridine rings is 1. The summed E-state index contributed by atoms with van der Waals surface area (Å²) in [6.07, 6.45) is 4.86. The number of nitrogens with zero attached hydrogens (tertiary/aromatic N) is 2. The van der Waals surface area contributed by atoms with Gasteiger partial charge in [0.2, 0.25) is 11.8 Å². The van der Waals surface area contributed by atoms with Crippen LogP contribution in [-0.2, 0) is 11.2 Å². The number of β-amino-alcohol motifs (C(OH)–C–C–N with tert-alkyl or cyclic N) is 1. The molecule has 2 aliphatic heterocycles. The zero-order valence-corrected chi connectivity index (χ0v) is 20.2. The number of aliphatic hydroxyl groups excluding tert-OH is 1. The van der Waals surface area contributed by atoms with Crippen LogP contribution in [0.2, 0.25) is 0 Å². The molecule has 0 bridgehead atoms. The van der Waals surface area contributed by atoms with Gasteiger partial charge < -0.3 is 19.9 Å². The van der Waals surface area contributed by atoms with E-state index in [0.717, 1.165) is 43.5 Å². The van der Waals surface area contributed by atoms with Crippen LogP contribution < -0.4 is 14.8 Å². The van der Waals surface area contributed by atoms with Gasteiger partial charge in [0, 0.05) is 12.6 Å². The number of nitrogens with one attached hydrogen (secondary N) is 1. The second-order valence-electron chi connectivity index (χ2n) is 8.89. The molecule has 0 aliphatic carbocycles. The summed E-state index contributed by atoms with van der Waals surface area (Å²) < 4.78 is 12.1. The number of aliphatic hydroxyl groups is 1. The Morgan fingerprint density at radius 3 is 2.77 bits per heavy atom. The number of fused-ring (bicyclic) bond motifs is 1. The van der Waals surface area contributed by atoms with Crippen molar-refractivity contribution in [1.82, 2.24) is 9.88 Å². The minimum Gasteiger partial charge on any atom is -0.485 e. The molecule has 1 aromatic heterocycles. The summed E-state index contributed by atoms with van der Waals surface area (Å²) in [5.74, 6) is 1.93. The highest BCUT2D eigenvalue weighted by Crippen LogP contribution is 2.37. The molecule has 184 valence electrons. The lowest BCUT2D eigenvalue weighted by atomic mass is 9.97. The number of hydrogen-bond acceptors (Lipinski definition) is 6. The highest BCUT2D eigenvalue weighted by Gasteiger charge is 2.22. The van der Waals surface area contributed by atoms with Gasteiger partial charge >= 0.3 is 0 Å². The van der Waals surface area contributed by atoms with Crippen molar-refractivity contribution in [3.8, 4) is 17.4 Å². The molecule has 0 spiro atoms. The van der Waals surface area contributed by atoms with E-state index in [2.05, 4.69) is 22.4 Å². The van der Waals surface area contributed by atoms with Gasteiger partial charge in [-0.2, -0.15) is 0 Å². The molecule has 1 saturated heterocycles. The zero-order chi connectivity index (χ0) is 23.3. The van der Waals surface area contributed by atoms with Gasteiger partial charge in [0.05, 0.1) is 24.5 Å². The number of benzene rings is 2. The average molecular weight is 496 g/mol. The SMILES string of the molecule is Cl.O=C(CN1CCCC(O)C1)Nc1ccc(Oc2ccc3c(c2)CCC(c2ccccc2)O3)nc1. The number of carbonyl (C=O) groups excluding carboxylic acids is 1. The average Bonchev–Trinajstić information content (AvgIpc) is 2.85. The summed E-state index contributed by atoms with van der Waals surface area (Å²) >= 11 is 0. The maximum atomic E-state index is 12.3. The van der Waals surface area contributed by atoms with Gasteiger partial charge in [-0.3, -0.25) is 9.69 Å². The summed E-state index contributed by atoms with van der Waals surface area (Å²) in [6.45, 7) is 1.63. The number of anilines is 1. The third kappa shape index (κ3) is 6.51. The number of piperidine rings is 1. The fourth-order valence-electron chi connectivity index (χ4n) is 4.54. The Bertz CT molecular complexity index is 1130. The van der Waals surface area contributed by atoms with Gasteiger partial charge in [0.15, 0.2) is 0 Å². The minimum absolute atomic E-state index is 0. The van der Waals surface area contributed by atoms with E-state index in [0.29, 0.717) is 23.9 Å². The van der Waals surface area contributed by atoms with E-state index in [1.54, 1.807) is 18.3 Å². The lowest BCUT2D eigenvalue weighted by Gasteiger charge is -2.29. The molecular weight excluding hydrogens is 466 g/mol. The normalized spacial score (nSPS) is 19.6. The monoisotopic (exact) mass is 495 g/mol. The second-order valence-corrected chi connectivity index (χ2v) is 8.89. The molecule has 1 fully saturated rings. The lowest BCUT2D eigenvalue weighted by Crippen LogP contribution is -2.42. The molecule has 2 unspecified atom stereocenters. The molecule has 2 aromatic carbocycles. The Morgan fingerprint density at radius 1 is 1.14 bits per heavy atom. The first-order chi connectivity index (χ1) is 16.6. The first-order valence-corrected chi connectivity index (χ1v) is 11.8. The molecule has 7 nitrogen and oxygen atoms in total. The summed E-state index contributed by atoms with van der Waals surface area (Å²) in [7, 11) is 0. The number of rotatable bonds is 6. The first kappa shape index (κ1) is 25.0. The second kappa shape index (κ2) is 11.5. The molecule has 0 radical (unpaired) electrons. The summed E-state index contributed by atoms with van der Waals surface area (Å²) in [5.41, 5.74) is 2.93. The summed E-state index contributed by atoms with van der Waals surface area (Å²) in [6, 6.07) is 19.6.